The van der Waals surface area contributed by atoms with Gasteiger partial charge >= 0.3 is 0 Å². The van der Waals surface area contributed by atoms with Crippen molar-refractivity contribution in [2.75, 3.05) is 18.4 Å². The van der Waals surface area contributed by atoms with Gasteiger partial charge in [0.25, 0.3) is 11.8 Å². The Bertz CT molecular complexity index is 1080. The van der Waals surface area contributed by atoms with Gasteiger partial charge in [0, 0.05) is 35.3 Å². The first-order chi connectivity index (χ1) is 14.5. The Morgan fingerprint density at radius 1 is 1.10 bits per heavy atom. The molecule has 4 rings (SSSR count). The molecule has 0 unspecified atom stereocenters. The molecule has 6 nitrogen and oxygen atoms in total. The molecule has 0 atom stereocenters. The van der Waals surface area contributed by atoms with Gasteiger partial charge in [-0.15, -0.1) is 10.2 Å². The van der Waals surface area contributed by atoms with Crippen molar-refractivity contribution >= 4 is 40.4 Å². The van der Waals surface area contributed by atoms with Gasteiger partial charge in [0.1, 0.15) is 10.8 Å². The number of aromatic nitrogens is 2. The van der Waals surface area contributed by atoms with Crippen molar-refractivity contribution < 1.29 is 14.0 Å². The maximum Gasteiger partial charge on any atom is 0.286 e. The van der Waals surface area contributed by atoms with Crippen molar-refractivity contribution in [1.82, 2.24) is 15.1 Å². The molecule has 0 aliphatic carbocycles. The second-order valence-electron chi connectivity index (χ2n) is 6.99. The third-order valence-electron chi connectivity index (χ3n) is 4.92. The van der Waals surface area contributed by atoms with Gasteiger partial charge in [-0.3, -0.25) is 9.59 Å². The highest BCUT2D eigenvalue weighted by molar-refractivity contribution is 7.13. The molecule has 2 heterocycles. The summed E-state index contributed by atoms with van der Waals surface area (Å²) in [7, 11) is 0. The Labute approximate surface area is 181 Å². The first-order valence-corrected chi connectivity index (χ1v) is 10.6. The van der Waals surface area contributed by atoms with Crippen LogP contribution >= 0.6 is 22.9 Å². The summed E-state index contributed by atoms with van der Waals surface area (Å²) in [6.45, 7) is 1.09. The highest BCUT2D eigenvalue weighted by Gasteiger charge is 2.27. The quantitative estimate of drug-likeness (QED) is 0.638. The number of nitrogens with zero attached hydrogens (tertiary/aromatic N) is 3. The van der Waals surface area contributed by atoms with Crippen LogP contribution in [0.15, 0.2) is 48.5 Å². The molecule has 1 fully saturated rings. The SMILES string of the molecule is O=C(Nc1cccc(Cl)c1)c1nnc(C2CCN(C(=O)c3cccc(F)c3)CC2)s1. The lowest BCUT2D eigenvalue weighted by Crippen LogP contribution is -2.37. The summed E-state index contributed by atoms with van der Waals surface area (Å²) in [5.74, 6) is -0.800. The lowest BCUT2D eigenvalue weighted by atomic mass is 9.97. The van der Waals surface area contributed by atoms with Crippen LogP contribution in [0.1, 0.15) is 43.9 Å². The second kappa shape index (κ2) is 8.89. The number of benzene rings is 2. The number of piperidine rings is 1. The van der Waals surface area contributed by atoms with E-state index in [2.05, 4.69) is 15.5 Å². The van der Waals surface area contributed by atoms with Gasteiger partial charge < -0.3 is 10.2 Å². The smallest absolute Gasteiger partial charge is 0.286 e. The molecule has 2 aromatic carbocycles. The molecule has 2 amide bonds. The van der Waals surface area contributed by atoms with E-state index in [1.165, 1.54) is 29.5 Å². The largest absolute Gasteiger partial charge is 0.339 e. The monoisotopic (exact) mass is 444 g/mol. The first kappa shape index (κ1) is 20.4. The summed E-state index contributed by atoms with van der Waals surface area (Å²) < 4.78 is 13.4. The van der Waals surface area contributed by atoms with E-state index in [0.717, 1.165) is 5.01 Å². The van der Waals surface area contributed by atoms with E-state index in [1.54, 1.807) is 35.2 Å². The molecule has 1 aliphatic heterocycles. The van der Waals surface area contributed by atoms with Crippen molar-refractivity contribution in [2.24, 2.45) is 0 Å². The van der Waals surface area contributed by atoms with Crippen molar-refractivity contribution in [3.8, 4) is 0 Å². The predicted molar refractivity (Wildman–Crippen MR) is 114 cm³/mol. The summed E-state index contributed by atoms with van der Waals surface area (Å²) in [6, 6.07) is 12.6. The van der Waals surface area contributed by atoms with Crippen LogP contribution in [0.4, 0.5) is 10.1 Å². The number of amides is 2. The van der Waals surface area contributed by atoms with Gasteiger partial charge in [-0.25, -0.2) is 4.39 Å². The van der Waals surface area contributed by atoms with E-state index in [4.69, 9.17) is 11.6 Å². The number of carbonyl (C=O) groups excluding carboxylic acids is 2. The summed E-state index contributed by atoms with van der Waals surface area (Å²) >= 11 is 7.20. The van der Waals surface area contributed by atoms with Gasteiger partial charge in [0.2, 0.25) is 5.01 Å². The Hall–Kier alpha value is -2.84. The maximum atomic E-state index is 13.4. The third kappa shape index (κ3) is 4.66. The first-order valence-electron chi connectivity index (χ1n) is 9.45. The van der Waals surface area contributed by atoms with Crippen molar-refractivity contribution in [2.45, 2.75) is 18.8 Å². The average Bonchev–Trinajstić information content (AvgIpc) is 3.24. The van der Waals surface area contributed by atoms with E-state index in [0.29, 0.717) is 42.2 Å². The van der Waals surface area contributed by atoms with Crippen molar-refractivity contribution in [1.29, 1.82) is 0 Å². The lowest BCUT2D eigenvalue weighted by molar-refractivity contribution is 0.0712. The molecule has 0 spiro atoms. The van der Waals surface area contributed by atoms with Gasteiger partial charge in [-0.1, -0.05) is 35.1 Å². The molecular formula is C21H18ClFN4O2S. The minimum atomic E-state index is -0.423. The number of hydrogen-bond acceptors (Lipinski definition) is 5. The van der Waals surface area contributed by atoms with Crippen LogP contribution in [-0.2, 0) is 0 Å². The normalized spacial score (nSPS) is 14.5. The fourth-order valence-corrected chi connectivity index (χ4v) is 4.47. The van der Waals surface area contributed by atoms with Gasteiger partial charge in [0.15, 0.2) is 0 Å². The summed E-state index contributed by atoms with van der Waals surface area (Å²) in [5, 5.41) is 12.6. The molecule has 1 aliphatic rings. The lowest BCUT2D eigenvalue weighted by Gasteiger charge is -2.31. The van der Waals surface area contributed by atoms with E-state index in [1.807, 2.05) is 0 Å². The molecule has 0 saturated carbocycles. The Kier molecular flexibility index (Phi) is 6.06. The standard InChI is InChI=1S/C21H18ClFN4O2S/c22-15-4-2-6-17(12-15)24-18(28)20-26-25-19(30-20)13-7-9-27(10-8-13)21(29)14-3-1-5-16(23)11-14/h1-6,11-13H,7-10H2,(H,24,28). The number of likely N-dealkylation sites (tertiary alicyclic amines) is 1. The van der Waals surface area contributed by atoms with Crippen LogP contribution in [0.25, 0.3) is 0 Å². The molecular weight excluding hydrogens is 427 g/mol. The van der Waals surface area contributed by atoms with Gasteiger partial charge in [-0.2, -0.15) is 0 Å². The van der Waals surface area contributed by atoms with Crippen molar-refractivity contribution in [3.63, 3.8) is 0 Å². The topological polar surface area (TPSA) is 75.2 Å². The highest BCUT2D eigenvalue weighted by Crippen LogP contribution is 2.31. The van der Waals surface area contributed by atoms with Gasteiger partial charge in [-0.05, 0) is 49.2 Å². The molecule has 0 radical (unpaired) electrons. The van der Waals surface area contributed by atoms with E-state index in [-0.39, 0.29) is 22.7 Å². The predicted octanol–water partition coefficient (Wildman–Crippen LogP) is 4.60. The van der Waals surface area contributed by atoms with E-state index >= 15 is 0 Å². The van der Waals surface area contributed by atoms with Crippen LogP contribution in [-0.4, -0.2) is 40.0 Å². The van der Waals surface area contributed by atoms with E-state index in [9.17, 15) is 14.0 Å². The van der Waals surface area contributed by atoms with Crippen LogP contribution in [0.3, 0.4) is 0 Å². The molecule has 0 bridgehead atoms. The minimum Gasteiger partial charge on any atom is -0.339 e. The number of anilines is 1. The minimum absolute atomic E-state index is 0.131. The fourth-order valence-electron chi connectivity index (χ4n) is 3.38. The average molecular weight is 445 g/mol. The number of halogens is 2. The molecule has 30 heavy (non-hydrogen) atoms. The maximum absolute atomic E-state index is 13.4. The van der Waals surface area contributed by atoms with Gasteiger partial charge in [0.05, 0.1) is 0 Å². The zero-order valence-corrected chi connectivity index (χ0v) is 17.4. The molecule has 9 heteroatoms. The summed E-state index contributed by atoms with van der Waals surface area (Å²) in [5.41, 5.74) is 0.942. The van der Waals surface area contributed by atoms with Crippen molar-refractivity contribution in [3.05, 3.63) is 74.9 Å². The number of nitrogens with one attached hydrogen (secondary N) is 1. The zero-order valence-electron chi connectivity index (χ0n) is 15.8. The number of rotatable bonds is 4. The van der Waals surface area contributed by atoms with E-state index < -0.39 is 5.82 Å². The molecule has 1 saturated heterocycles. The van der Waals surface area contributed by atoms with Crippen LogP contribution in [0, 0.1) is 5.82 Å². The molecule has 154 valence electrons. The Morgan fingerprint density at radius 3 is 2.60 bits per heavy atom. The summed E-state index contributed by atoms with van der Waals surface area (Å²) in [6.07, 6.45) is 1.43. The highest BCUT2D eigenvalue weighted by atomic mass is 35.5. The Balaban J connectivity index is 1.36. The molecule has 3 aromatic rings. The van der Waals surface area contributed by atoms with Crippen LogP contribution in [0.5, 0.6) is 0 Å². The molecule has 1 aromatic heterocycles. The number of hydrogen-bond donors (Lipinski definition) is 1. The zero-order chi connectivity index (χ0) is 21.1. The fraction of sp³-hybridized carbons (Fsp3) is 0.238. The van der Waals surface area contributed by atoms with Crippen LogP contribution in [0.2, 0.25) is 5.02 Å². The Morgan fingerprint density at radius 2 is 1.87 bits per heavy atom. The van der Waals surface area contributed by atoms with Crippen LogP contribution < -0.4 is 5.32 Å². The third-order valence-corrected chi connectivity index (χ3v) is 6.24. The molecule has 1 N–H and O–H groups in total. The number of carbonyl (C=O) groups is 2. The summed E-state index contributed by atoms with van der Waals surface area (Å²) in [4.78, 5) is 26.7. The second-order valence-corrected chi connectivity index (χ2v) is 8.43.